The summed E-state index contributed by atoms with van der Waals surface area (Å²) in [5.74, 6) is -1.12. The highest BCUT2D eigenvalue weighted by Gasteiger charge is 2.37. The van der Waals surface area contributed by atoms with Crippen molar-refractivity contribution >= 4 is 27.4 Å². The number of benzene rings is 1. The maximum Gasteiger partial charge on any atom is 0.417 e. The highest BCUT2D eigenvalue weighted by molar-refractivity contribution is 7.89. The van der Waals surface area contributed by atoms with Crippen molar-refractivity contribution in [2.75, 3.05) is 11.2 Å². The van der Waals surface area contributed by atoms with Crippen molar-refractivity contribution < 1.29 is 26.4 Å². The monoisotopic (exact) mass is 525 g/mol. The predicted molar refractivity (Wildman–Crippen MR) is 124 cm³/mol. The molecule has 0 aliphatic carbocycles. The molecule has 36 heavy (non-hydrogen) atoms. The molecule has 0 spiro atoms. The van der Waals surface area contributed by atoms with E-state index in [0.717, 1.165) is 22.8 Å². The summed E-state index contributed by atoms with van der Waals surface area (Å²) in [5.41, 5.74) is 7.40. The lowest BCUT2D eigenvalue weighted by Crippen LogP contribution is -2.38. The Morgan fingerprint density at radius 2 is 1.83 bits per heavy atom. The molecule has 2 aromatic heterocycles. The molecule has 0 fully saturated rings. The van der Waals surface area contributed by atoms with Crippen molar-refractivity contribution in [3.8, 4) is 0 Å². The number of carbonyl (C=O) groups excluding carboxylic acids is 1. The number of carbonyl (C=O) groups is 1. The Morgan fingerprint density at radius 3 is 2.53 bits per heavy atom. The Hall–Kier alpha value is -3.98. The molecule has 0 saturated heterocycles. The summed E-state index contributed by atoms with van der Waals surface area (Å²) in [7, 11) is -4.75. The molecule has 0 saturated carbocycles. The van der Waals surface area contributed by atoms with Crippen molar-refractivity contribution in [2.24, 2.45) is 0 Å². The Bertz CT molecular complexity index is 1460. The minimum absolute atomic E-state index is 0.00868. The minimum atomic E-state index is -4.92. The summed E-state index contributed by atoms with van der Waals surface area (Å²) < 4.78 is 65.6. The number of hydrogen-bond acceptors (Lipinski definition) is 8. The lowest BCUT2D eigenvalue weighted by molar-refractivity contribution is -0.139. The van der Waals surface area contributed by atoms with Gasteiger partial charge in [0.05, 0.1) is 28.4 Å². The second-order valence-electron chi connectivity index (χ2n) is 7.63. The van der Waals surface area contributed by atoms with Crippen LogP contribution in [0, 0.1) is 13.8 Å². The molecule has 0 aliphatic heterocycles. The van der Waals surface area contributed by atoms with Gasteiger partial charge in [0.25, 0.3) is 15.6 Å². The van der Waals surface area contributed by atoms with Gasteiger partial charge in [-0.05, 0) is 38.1 Å². The van der Waals surface area contributed by atoms with Gasteiger partial charge in [-0.1, -0.05) is 12.1 Å². The van der Waals surface area contributed by atoms with Gasteiger partial charge in [0, 0.05) is 17.6 Å². The van der Waals surface area contributed by atoms with Crippen molar-refractivity contribution in [3.63, 3.8) is 0 Å². The van der Waals surface area contributed by atoms with E-state index in [4.69, 9.17) is 5.73 Å². The molecule has 1 amide bonds. The molecule has 2 heterocycles. The normalized spacial score (nSPS) is 11.8. The average molecular weight is 526 g/mol. The highest BCUT2D eigenvalue weighted by atomic mass is 32.2. The summed E-state index contributed by atoms with van der Waals surface area (Å²) in [6, 6.07) is 6.92. The number of aryl methyl sites for hydroxylation is 2. The molecule has 0 atom stereocenters. The first-order valence-corrected chi connectivity index (χ1v) is 11.8. The van der Waals surface area contributed by atoms with Gasteiger partial charge in [0.15, 0.2) is 0 Å². The van der Waals surface area contributed by atoms with E-state index < -0.39 is 50.5 Å². The zero-order valence-corrected chi connectivity index (χ0v) is 19.9. The summed E-state index contributed by atoms with van der Waals surface area (Å²) in [5, 5.41) is 2.59. The fourth-order valence-electron chi connectivity index (χ4n) is 3.10. The number of nitrogen functional groups attached to an aromatic ring is 1. The van der Waals surface area contributed by atoms with Crippen LogP contribution in [0.1, 0.15) is 22.6 Å². The van der Waals surface area contributed by atoms with Crippen molar-refractivity contribution in [1.29, 1.82) is 0 Å². The number of hydrazine groups is 1. The molecule has 0 radical (unpaired) electrons. The van der Waals surface area contributed by atoms with Gasteiger partial charge >= 0.3 is 6.18 Å². The predicted octanol–water partition coefficient (Wildman–Crippen LogP) is 1.48. The summed E-state index contributed by atoms with van der Waals surface area (Å²) in [6.07, 6.45) is -3.73. The third-order valence-electron chi connectivity index (χ3n) is 4.94. The quantitative estimate of drug-likeness (QED) is 0.322. The maximum absolute atomic E-state index is 13.2. The molecule has 0 bridgehead atoms. The van der Waals surface area contributed by atoms with Crippen LogP contribution in [0.2, 0.25) is 0 Å². The SMILES string of the molecule is Cc1ccc(N)c(CNC(=O)Cn2c(C)cnc(NNS(=O)(=O)c3ccccc3C(F)(F)F)c2=O)n1. The van der Waals surface area contributed by atoms with Crippen LogP contribution in [0.4, 0.5) is 24.7 Å². The number of alkyl halides is 3. The van der Waals surface area contributed by atoms with Gasteiger partial charge in [0.2, 0.25) is 11.7 Å². The minimum Gasteiger partial charge on any atom is -0.397 e. The van der Waals surface area contributed by atoms with Crippen LogP contribution < -0.4 is 26.9 Å². The Labute approximate surface area is 203 Å². The topological polar surface area (TPSA) is 161 Å². The Kier molecular flexibility index (Phi) is 7.64. The van der Waals surface area contributed by atoms with E-state index >= 15 is 0 Å². The highest BCUT2D eigenvalue weighted by Crippen LogP contribution is 2.33. The van der Waals surface area contributed by atoms with E-state index in [-0.39, 0.29) is 12.2 Å². The number of pyridine rings is 1. The molecule has 3 rings (SSSR count). The van der Waals surface area contributed by atoms with Crippen molar-refractivity contribution in [3.05, 3.63) is 75.6 Å². The molecule has 0 unspecified atom stereocenters. The van der Waals surface area contributed by atoms with Crippen LogP contribution in [-0.2, 0) is 34.1 Å². The van der Waals surface area contributed by atoms with Crippen LogP contribution in [0.25, 0.3) is 0 Å². The van der Waals surface area contributed by atoms with E-state index in [2.05, 4.69) is 15.3 Å². The fourth-order valence-corrected chi connectivity index (χ4v) is 4.18. The number of nitrogens with one attached hydrogen (secondary N) is 3. The van der Waals surface area contributed by atoms with Gasteiger partial charge in [-0.2, -0.15) is 13.2 Å². The first-order chi connectivity index (χ1) is 16.8. The number of rotatable bonds is 8. The third-order valence-corrected chi connectivity index (χ3v) is 6.25. The van der Waals surface area contributed by atoms with Crippen molar-refractivity contribution in [2.45, 2.75) is 38.0 Å². The zero-order valence-electron chi connectivity index (χ0n) is 19.0. The molecule has 1 aromatic carbocycles. The number of nitrogens with zero attached hydrogens (tertiary/aromatic N) is 3. The maximum atomic E-state index is 13.2. The smallest absolute Gasteiger partial charge is 0.397 e. The van der Waals surface area contributed by atoms with Gasteiger partial charge < -0.3 is 11.1 Å². The van der Waals surface area contributed by atoms with E-state index in [1.165, 1.54) is 13.1 Å². The van der Waals surface area contributed by atoms with Crippen molar-refractivity contribution in [1.82, 2.24) is 24.7 Å². The summed E-state index contributed by atoms with van der Waals surface area (Å²) in [4.78, 5) is 33.9. The van der Waals surface area contributed by atoms with Crippen LogP contribution in [0.15, 0.2) is 52.3 Å². The molecular weight excluding hydrogens is 503 g/mol. The molecule has 5 N–H and O–H groups in total. The van der Waals surface area contributed by atoms with Gasteiger partial charge in [0.1, 0.15) is 6.54 Å². The van der Waals surface area contributed by atoms with E-state index in [9.17, 15) is 31.2 Å². The van der Waals surface area contributed by atoms with Gasteiger partial charge in [-0.25, -0.2) is 13.4 Å². The number of halogens is 3. The van der Waals surface area contributed by atoms with Gasteiger partial charge in [-0.3, -0.25) is 24.6 Å². The summed E-state index contributed by atoms with van der Waals surface area (Å²) in [6.45, 7) is 2.82. The van der Waals surface area contributed by atoms with Gasteiger partial charge in [-0.15, -0.1) is 4.83 Å². The lowest BCUT2D eigenvalue weighted by Gasteiger charge is -2.15. The Morgan fingerprint density at radius 1 is 1.14 bits per heavy atom. The first kappa shape index (κ1) is 26.6. The number of sulfonamides is 1. The van der Waals surface area contributed by atoms with Crippen LogP contribution in [0.5, 0.6) is 0 Å². The third kappa shape index (κ3) is 6.17. The second kappa shape index (κ2) is 10.3. The fraction of sp³-hybridized carbons (Fsp3) is 0.238. The van der Waals surface area contributed by atoms with Crippen LogP contribution in [0.3, 0.4) is 0 Å². The molecule has 192 valence electrons. The molecule has 3 aromatic rings. The molecule has 15 heteroatoms. The lowest BCUT2D eigenvalue weighted by atomic mass is 10.2. The summed E-state index contributed by atoms with van der Waals surface area (Å²) >= 11 is 0. The number of anilines is 2. The first-order valence-electron chi connectivity index (χ1n) is 10.3. The molecular formula is C21H22F3N7O4S. The number of amides is 1. The van der Waals surface area contributed by atoms with E-state index in [1.807, 2.05) is 5.43 Å². The van der Waals surface area contributed by atoms with Crippen LogP contribution >= 0.6 is 0 Å². The number of hydrogen-bond donors (Lipinski definition) is 4. The standard InChI is InChI=1S/C21H22F3N7O4S/c1-12-7-8-15(25)16(28-12)10-26-18(32)11-31-13(2)9-27-19(20(31)33)29-30-36(34,35)17-6-4-3-5-14(17)21(22,23)24/h3-9,30H,10-11,25H2,1-2H3,(H,26,32)(H,27,29). The Balaban J connectivity index is 1.75. The molecule has 0 aliphatic rings. The van der Waals surface area contributed by atoms with E-state index in [0.29, 0.717) is 23.1 Å². The zero-order chi connectivity index (χ0) is 26.7. The largest absolute Gasteiger partial charge is 0.417 e. The average Bonchev–Trinajstić information content (AvgIpc) is 2.81. The second-order valence-corrected chi connectivity index (χ2v) is 9.28. The molecule has 11 nitrogen and oxygen atoms in total. The number of aromatic nitrogens is 3. The number of nitrogens with two attached hydrogens (primary N) is 1. The van der Waals surface area contributed by atoms with E-state index in [1.54, 1.807) is 23.9 Å². The van der Waals surface area contributed by atoms with Crippen LogP contribution in [-0.4, -0.2) is 28.9 Å².